The van der Waals surface area contributed by atoms with E-state index in [1.54, 1.807) is 25.3 Å². The van der Waals surface area contributed by atoms with Gasteiger partial charge in [-0.25, -0.2) is 8.78 Å². The lowest BCUT2D eigenvalue weighted by Gasteiger charge is -2.30. The van der Waals surface area contributed by atoms with Gasteiger partial charge in [-0.15, -0.1) is 0 Å². The van der Waals surface area contributed by atoms with E-state index in [0.717, 1.165) is 31.5 Å². The summed E-state index contributed by atoms with van der Waals surface area (Å²) in [5, 5.41) is 23.0. The van der Waals surface area contributed by atoms with Crippen molar-refractivity contribution in [1.29, 1.82) is 0 Å². The number of methoxy groups -OCH3 is 1. The minimum Gasteiger partial charge on any atom is -0.493 e. The number of aryl methyl sites for hydroxylation is 1. The van der Waals surface area contributed by atoms with Crippen molar-refractivity contribution in [1.82, 2.24) is 10.2 Å². The van der Waals surface area contributed by atoms with Crippen molar-refractivity contribution in [2.75, 3.05) is 33.4 Å². The highest BCUT2D eigenvalue weighted by molar-refractivity contribution is 5.43. The van der Waals surface area contributed by atoms with Crippen molar-refractivity contribution in [3.63, 3.8) is 0 Å². The van der Waals surface area contributed by atoms with Gasteiger partial charge in [0, 0.05) is 38.3 Å². The molecule has 1 saturated heterocycles. The van der Waals surface area contributed by atoms with Crippen LogP contribution >= 0.6 is 0 Å². The van der Waals surface area contributed by atoms with Crippen LogP contribution < -0.4 is 14.8 Å². The van der Waals surface area contributed by atoms with Gasteiger partial charge in [0.1, 0.15) is 12.7 Å². The Morgan fingerprint density at radius 1 is 1.09 bits per heavy atom. The summed E-state index contributed by atoms with van der Waals surface area (Å²) in [6.45, 7) is 4.32. The summed E-state index contributed by atoms with van der Waals surface area (Å²) in [6.07, 6.45) is 0.556. The molecule has 1 aliphatic rings. The first-order chi connectivity index (χ1) is 15.4. The number of aliphatic hydroxyl groups excluding tert-OH is 2. The normalized spacial score (nSPS) is 16.2. The van der Waals surface area contributed by atoms with Crippen LogP contribution in [0.1, 0.15) is 29.5 Å². The lowest BCUT2D eigenvalue weighted by molar-refractivity contribution is 0.0333. The summed E-state index contributed by atoms with van der Waals surface area (Å²) in [6, 6.07) is 8.58. The van der Waals surface area contributed by atoms with E-state index in [1.807, 2.05) is 12.1 Å². The number of likely N-dealkylation sites (tertiary alicyclic amines) is 1. The third-order valence-electron chi connectivity index (χ3n) is 5.69. The fraction of sp³-hybridized carbons (Fsp3) is 0.500. The lowest BCUT2D eigenvalue weighted by Crippen LogP contribution is -2.41. The maximum absolute atomic E-state index is 14.0. The zero-order valence-electron chi connectivity index (χ0n) is 18.6. The molecular weight excluding hydrogens is 418 g/mol. The third kappa shape index (κ3) is 6.62. The first-order valence-corrected chi connectivity index (χ1v) is 10.9. The summed E-state index contributed by atoms with van der Waals surface area (Å²) in [5.41, 5.74) is 1.46. The minimum atomic E-state index is -0.821. The van der Waals surface area contributed by atoms with Gasteiger partial charge in [-0.05, 0) is 43.0 Å². The number of hydrogen-bond donors (Lipinski definition) is 3. The van der Waals surface area contributed by atoms with Gasteiger partial charge in [-0.3, -0.25) is 0 Å². The Kier molecular flexibility index (Phi) is 8.81. The molecule has 0 spiro atoms. The van der Waals surface area contributed by atoms with Gasteiger partial charge in [0.2, 0.25) is 0 Å². The molecule has 1 heterocycles. The summed E-state index contributed by atoms with van der Waals surface area (Å²) in [7, 11) is 1.54. The zero-order chi connectivity index (χ0) is 23.1. The third-order valence-corrected chi connectivity index (χ3v) is 5.69. The number of rotatable bonds is 10. The predicted molar refractivity (Wildman–Crippen MR) is 118 cm³/mol. The molecule has 8 heteroatoms. The monoisotopic (exact) mass is 450 g/mol. The van der Waals surface area contributed by atoms with E-state index < -0.39 is 17.7 Å². The van der Waals surface area contributed by atoms with Crippen LogP contribution in [-0.4, -0.2) is 60.7 Å². The molecule has 0 aliphatic carbocycles. The quantitative estimate of drug-likeness (QED) is 0.517. The highest BCUT2D eigenvalue weighted by Gasteiger charge is 2.20. The molecule has 32 heavy (non-hydrogen) atoms. The van der Waals surface area contributed by atoms with Crippen molar-refractivity contribution in [2.45, 2.75) is 45.1 Å². The second-order valence-electron chi connectivity index (χ2n) is 8.25. The van der Waals surface area contributed by atoms with Crippen LogP contribution in [0.3, 0.4) is 0 Å². The molecule has 0 amide bonds. The highest BCUT2D eigenvalue weighted by atomic mass is 19.2. The Labute approximate surface area is 187 Å². The Morgan fingerprint density at radius 3 is 2.56 bits per heavy atom. The number of nitrogens with zero attached hydrogens (tertiary/aromatic N) is 1. The van der Waals surface area contributed by atoms with Gasteiger partial charge in [0.15, 0.2) is 23.1 Å². The summed E-state index contributed by atoms with van der Waals surface area (Å²) in [4.78, 5) is 2.12. The molecule has 0 bridgehead atoms. The smallest absolute Gasteiger partial charge is 0.163 e. The average molecular weight is 451 g/mol. The molecule has 0 unspecified atom stereocenters. The van der Waals surface area contributed by atoms with E-state index in [0.29, 0.717) is 24.6 Å². The van der Waals surface area contributed by atoms with E-state index in [-0.39, 0.29) is 30.4 Å². The Hall–Kier alpha value is -2.26. The van der Waals surface area contributed by atoms with Crippen molar-refractivity contribution >= 4 is 0 Å². The van der Waals surface area contributed by atoms with Crippen LogP contribution in [0.5, 0.6) is 11.5 Å². The molecule has 1 aliphatic heterocycles. The Balaban J connectivity index is 1.49. The van der Waals surface area contributed by atoms with Crippen LogP contribution in [0.15, 0.2) is 30.3 Å². The van der Waals surface area contributed by atoms with Crippen LogP contribution in [-0.2, 0) is 13.1 Å². The first kappa shape index (κ1) is 24.4. The molecule has 1 fully saturated rings. The van der Waals surface area contributed by atoms with Crippen molar-refractivity contribution < 1.29 is 28.5 Å². The standard InChI is InChI=1S/C24H32F2N2O4/c1-16-3-5-18(24(26)23(16)25)13-27-12-17-4-6-21(22(11-17)31-2)32-15-20(30)14-28-9-7-19(29)8-10-28/h3-6,11,19-20,27,29-30H,7-10,12-15H2,1-2H3/t20-/m1/s1. The van der Waals surface area contributed by atoms with Crippen LogP contribution in [0.4, 0.5) is 8.78 Å². The number of hydrogen-bond acceptors (Lipinski definition) is 6. The number of benzene rings is 2. The fourth-order valence-corrected chi connectivity index (χ4v) is 3.74. The largest absolute Gasteiger partial charge is 0.493 e. The molecule has 0 saturated carbocycles. The van der Waals surface area contributed by atoms with Crippen molar-refractivity contribution in [3.05, 3.63) is 58.7 Å². The van der Waals surface area contributed by atoms with Gasteiger partial charge in [-0.2, -0.15) is 0 Å². The number of nitrogens with one attached hydrogen (secondary N) is 1. The van der Waals surface area contributed by atoms with Gasteiger partial charge in [-0.1, -0.05) is 18.2 Å². The van der Waals surface area contributed by atoms with Crippen molar-refractivity contribution in [2.24, 2.45) is 0 Å². The van der Waals surface area contributed by atoms with Crippen LogP contribution in [0.25, 0.3) is 0 Å². The molecule has 6 nitrogen and oxygen atoms in total. The first-order valence-electron chi connectivity index (χ1n) is 10.9. The topological polar surface area (TPSA) is 74.2 Å². The van der Waals surface area contributed by atoms with Crippen LogP contribution in [0.2, 0.25) is 0 Å². The fourth-order valence-electron chi connectivity index (χ4n) is 3.74. The summed E-state index contributed by atoms with van der Waals surface area (Å²) >= 11 is 0. The maximum atomic E-state index is 14.0. The molecular formula is C24H32F2N2O4. The number of β-amino-alcohol motifs (C(OH)–C–C–N with tert-alkyl or cyclic N) is 1. The summed E-state index contributed by atoms with van der Waals surface area (Å²) < 4.78 is 38.9. The van der Waals surface area contributed by atoms with E-state index in [1.165, 1.54) is 6.92 Å². The SMILES string of the molecule is COc1cc(CNCc2ccc(C)c(F)c2F)ccc1OC[C@H](O)CN1CCC(O)CC1. The van der Waals surface area contributed by atoms with E-state index >= 15 is 0 Å². The van der Waals surface area contributed by atoms with E-state index in [4.69, 9.17) is 9.47 Å². The molecule has 0 aromatic heterocycles. The minimum absolute atomic E-state index is 0.130. The van der Waals surface area contributed by atoms with E-state index in [2.05, 4.69) is 10.2 Å². The number of piperidine rings is 1. The zero-order valence-corrected chi connectivity index (χ0v) is 18.6. The van der Waals surface area contributed by atoms with Gasteiger partial charge < -0.3 is 29.9 Å². The Morgan fingerprint density at radius 2 is 1.84 bits per heavy atom. The van der Waals surface area contributed by atoms with Crippen molar-refractivity contribution in [3.8, 4) is 11.5 Å². The van der Waals surface area contributed by atoms with Gasteiger partial charge in [0.25, 0.3) is 0 Å². The lowest BCUT2D eigenvalue weighted by atomic mass is 10.1. The van der Waals surface area contributed by atoms with Gasteiger partial charge in [0.05, 0.1) is 13.2 Å². The molecule has 0 radical (unpaired) electrons. The molecule has 1 atom stereocenters. The van der Waals surface area contributed by atoms with Crippen LogP contribution in [0, 0.1) is 18.6 Å². The molecule has 176 valence electrons. The second kappa shape index (κ2) is 11.6. The van der Waals surface area contributed by atoms with E-state index in [9.17, 15) is 19.0 Å². The molecule has 3 N–H and O–H groups in total. The molecule has 2 aromatic carbocycles. The molecule has 2 aromatic rings. The highest BCUT2D eigenvalue weighted by Crippen LogP contribution is 2.28. The second-order valence-corrected chi connectivity index (χ2v) is 8.25. The molecule has 3 rings (SSSR count). The average Bonchev–Trinajstić information content (AvgIpc) is 2.79. The van der Waals surface area contributed by atoms with Gasteiger partial charge >= 0.3 is 0 Å². The number of ether oxygens (including phenoxy) is 2. The predicted octanol–water partition coefficient (Wildman–Crippen LogP) is 2.77. The number of halogens is 2. The number of aliphatic hydroxyl groups is 2. The summed E-state index contributed by atoms with van der Waals surface area (Å²) in [5.74, 6) is -0.577. The Bertz CT molecular complexity index is 889. The maximum Gasteiger partial charge on any atom is 0.163 e.